The maximum Gasteiger partial charge on any atom is 0.125 e. The monoisotopic (exact) mass is 251 g/mol. The maximum atomic E-state index is 13.1. The number of aliphatic hydroxyl groups excluding tert-OH is 1. The Hall–Kier alpha value is -1.46. The number of hydrogen-bond acceptors (Lipinski definition) is 3. The van der Waals surface area contributed by atoms with E-state index in [2.05, 4.69) is 14.9 Å². The van der Waals surface area contributed by atoms with Crippen LogP contribution >= 0.6 is 0 Å². The number of nitrogens with one attached hydrogen (secondary N) is 1. The standard InChI is InChI=1S/C13H18FN3O/c1-3-17(6-7-18)9(2)13-15-11-5-4-10(14)8-12(11)16-13/h4-5,8-9,18H,3,6-7H2,1-2H3,(H,15,16). The van der Waals surface area contributed by atoms with Crippen LogP contribution in [0.5, 0.6) is 0 Å². The van der Waals surface area contributed by atoms with Crippen molar-refractivity contribution in [3.8, 4) is 0 Å². The van der Waals surface area contributed by atoms with Crippen LogP contribution in [0.1, 0.15) is 25.7 Å². The summed E-state index contributed by atoms with van der Waals surface area (Å²) in [5.74, 6) is 0.527. The van der Waals surface area contributed by atoms with Gasteiger partial charge in [-0.1, -0.05) is 6.92 Å². The topological polar surface area (TPSA) is 52.1 Å². The summed E-state index contributed by atoms with van der Waals surface area (Å²) in [4.78, 5) is 9.70. The molecule has 4 nitrogen and oxygen atoms in total. The van der Waals surface area contributed by atoms with Crippen molar-refractivity contribution in [2.24, 2.45) is 0 Å². The molecule has 2 rings (SSSR count). The summed E-state index contributed by atoms with van der Waals surface area (Å²) < 4.78 is 13.1. The number of aromatic amines is 1. The number of nitrogens with zero attached hydrogens (tertiary/aromatic N) is 2. The number of fused-ring (bicyclic) bond motifs is 1. The van der Waals surface area contributed by atoms with Crippen LogP contribution in [0, 0.1) is 5.82 Å². The van der Waals surface area contributed by atoms with E-state index in [1.807, 2.05) is 13.8 Å². The second-order valence-corrected chi connectivity index (χ2v) is 4.31. The number of benzene rings is 1. The molecule has 0 aliphatic rings. The molecule has 1 heterocycles. The predicted octanol–water partition coefficient (Wildman–Crippen LogP) is 2.08. The molecule has 2 N–H and O–H groups in total. The molecule has 0 aliphatic heterocycles. The first kappa shape index (κ1) is 13.0. The largest absolute Gasteiger partial charge is 0.395 e. The van der Waals surface area contributed by atoms with E-state index in [-0.39, 0.29) is 18.5 Å². The van der Waals surface area contributed by atoms with Crippen molar-refractivity contribution in [2.75, 3.05) is 19.7 Å². The lowest BCUT2D eigenvalue weighted by Crippen LogP contribution is -2.30. The van der Waals surface area contributed by atoms with Crippen LogP contribution in [-0.4, -0.2) is 39.7 Å². The first-order valence-electron chi connectivity index (χ1n) is 6.15. The van der Waals surface area contributed by atoms with Gasteiger partial charge in [0.15, 0.2) is 0 Å². The van der Waals surface area contributed by atoms with E-state index in [4.69, 9.17) is 5.11 Å². The van der Waals surface area contributed by atoms with E-state index in [1.54, 1.807) is 6.07 Å². The van der Waals surface area contributed by atoms with Crippen LogP contribution in [0.2, 0.25) is 0 Å². The summed E-state index contributed by atoms with van der Waals surface area (Å²) in [6.07, 6.45) is 0. The van der Waals surface area contributed by atoms with Crippen molar-refractivity contribution in [1.29, 1.82) is 0 Å². The van der Waals surface area contributed by atoms with Gasteiger partial charge in [-0.25, -0.2) is 9.37 Å². The molecular weight excluding hydrogens is 233 g/mol. The van der Waals surface area contributed by atoms with Crippen molar-refractivity contribution >= 4 is 11.0 Å². The molecule has 0 spiro atoms. The summed E-state index contributed by atoms with van der Waals surface area (Å²) in [5, 5.41) is 9.02. The molecule has 1 aromatic carbocycles. The molecule has 0 aliphatic carbocycles. The van der Waals surface area contributed by atoms with Crippen molar-refractivity contribution in [2.45, 2.75) is 19.9 Å². The van der Waals surface area contributed by atoms with Gasteiger partial charge >= 0.3 is 0 Å². The fraction of sp³-hybridized carbons (Fsp3) is 0.462. The number of aromatic nitrogens is 2. The molecule has 1 unspecified atom stereocenters. The van der Waals surface area contributed by atoms with Crippen LogP contribution in [0.15, 0.2) is 18.2 Å². The Morgan fingerprint density at radius 1 is 1.50 bits per heavy atom. The zero-order valence-electron chi connectivity index (χ0n) is 10.7. The summed E-state index contributed by atoms with van der Waals surface area (Å²) in [5.41, 5.74) is 1.47. The summed E-state index contributed by atoms with van der Waals surface area (Å²) >= 11 is 0. The number of aliphatic hydroxyl groups is 1. The molecule has 0 fully saturated rings. The van der Waals surface area contributed by atoms with E-state index >= 15 is 0 Å². The second-order valence-electron chi connectivity index (χ2n) is 4.31. The lowest BCUT2D eigenvalue weighted by atomic mass is 10.2. The van der Waals surface area contributed by atoms with Gasteiger partial charge in [0.2, 0.25) is 0 Å². The Morgan fingerprint density at radius 2 is 2.28 bits per heavy atom. The SMILES string of the molecule is CCN(CCO)C(C)c1nc2ccc(F)cc2[nH]1. The van der Waals surface area contributed by atoms with Gasteiger partial charge in [0.25, 0.3) is 0 Å². The minimum Gasteiger partial charge on any atom is -0.395 e. The van der Waals surface area contributed by atoms with Gasteiger partial charge in [-0.2, -0.15) is 0 Å². The zero-order chi connectivity index (χ0) is 13.1. The number of hydrogen-bond donors (Lipinski definition) is 2. The first-order chi connectivity index (χ1) is 8.65. The zero-order valence-corrected chi connectivity index (χ0v) is 10.7. The molecule has 5 heteroatoms. The molecule has 1 aromatic heterocycles. The highest BCUT2D eigenvalue weighted by atomic mass is 19.1. The molecule has 0 saturated carbocycles. The molecular formula is C13H18FN3O. The van der Waals surface area contributed by atoms with Gasteiger partial charge in [0, 0.05) is 6.54 Å². The highest BCUT2D eigenvalue weighted by molar-refractivity contribution is 5.75. The van der Waals surface area contributed by atoms with Crippen molar-refractivity contribution in [3.05, 3.63) is 29.8 Å². The molecule has 0 radical (unpaired) electrons. The smallest absolute Gasteiger partial charge is 0.125 e. The van der Waals surface area contributed by atoms with Gasteiger partial charge in [-0.05, 0) is 31.7 Å². The highest BCUT2D eigenvalue weighted by Gasteiger charge is 2.17. The van der Waals surface area contributed by atoms with Gasteiger partial charge in [-0.3, -0.25) is 4.90 Å². The van der Waals surface area contributed by atoms with Gasteiger partial charge in [-0.15, -0.1) is 0 Å². The highest BCUT2D eigenvalue weighted by Crippen LogP contribution is 2.21. The van der Waals surface area contributed by atoms with Gasteiger partial charge in [0.05, 0.1) is 23.7 Å². The lowest BCUT2D eigenvalue weighted by molar-refractivity contribution is 0.161. The Kier molecular flexibility index (Phi) is 3.93. The molecule has 0 bridgehead atoms. The normalized spacial score (nSPS) is 13.4. The van der Waals surface area contributed by atoms with Crippen LogP contribution in [-0.2, 0) is 0 Å². The van der Waals surface area contributed by atoms with Crippen LogP contribution in [0.4, 0.5) is 4.39 Å². The van der Waals surface area contributed by atoms with Gasteiger partial charge in [0.1, 0.15) is 11.6 Å². The van der Waals surface area contributed by atoms with Crippen LogP contribution in [0.25, 0.3) is 11.0 Å². The Bertz CT molecular complexity index is 526. The Balaban J connectivity index is 2.29. The lowest BCUT2D eigenvalue weighted by Gasteiger charge is -2.25. The summed E-state index contributed by atoms with van der Waals surface area (Å²) in [6.45, 7) is 5.60. The molecule has 98 valence electrons. The average Bonchev–Trinajstić information content (AvgIpc) is 2.77. The fourth-order valence-electron chi connectivity index (χ4n) is 2.13. The second kappa shape index (κ2) is 5.46. The summed E-state index contributed by atoms with van der Waals surface area (Å²) in [6, 6.07) is 4.58. The molecule has 1 atom stereocenters. The van der Waals surface area contributed by atoms with Crippen LogP contribution < -0.4 is 0 Å². The minimum atomic E-state index is -0.270. The average molecular weight is 251 g/mol. The first-order valence-corrected chi connectivity index (χ1v) is 6.15. The van der Waals surface area contributed by atoms with Crippen molar-refractivity contribution in [1.82, 2.24) is 14.9 Å². The Morgan fingerprint density at radius 3 is 2.94 bits per heavy atom. The number of halogens is 1. The Labute approximate surface area is 105 Å². The fourth-order valence-corrected chi connectivity index (χ4v) is 2.13. The summed E-state index contributed by atoms with van der Waals surface area (Å²) in [7, 11) is 0. The third-order valence-electron chi connectivity index (χ3n) is 3.20. The van der Waals surface area contributed by atoms with E-state index in [0.717, 1.165) is 17.9 Å². The number of H-pyrrole nitrogens is 1. The number of imidazole rings is 1. The third kappa shape index (κ3) is 2.52. The van der Waals surface area contributed by atoms with E-state index in [1.165, 1.54) is 12.1 Å². The quantitative estimate of drug-likeness (QED) is 0.855. The maximum absolute atomic E-state index is 13.1. The molecule has 2 aromatic rings. The van der Waals surface area contributed by atoms with Gasteiger partial charge < -0.3 is 10.1 Å². The number of rotatable bonds is 5. The van der Waals surface area contributed by atoms with E-state index in [9.17, 15) is 4.39 Å². The molecule has 0 saturated heterocycles. The molecule has 0 amide bonds. The third-order valence-corrected chi connectivity index (χ3v) is 3.20. The van der Waals surface area contributed by atoms with E-state index in [0.29, 0.717) is 12.1 Å². The van der Waals surface area contributed by atoms with Crippen molar-refractivity contribution < 1.29 is 9.50 Å². The molecule has 18 heavy (non-hydrogen) atoms. The number of likely N-dealkylation sites (N-methyl/N-ethyl adjacent to an activating group) is 1. The minimum absolute atomic E-state index is 0.0672. The predicted molar refractivity (Wildman–Crippen MR) is 68.8 cm³/mol. The van der Waals surface area contributed by atoms with Crippen LogP contribution in [0.3, 0.4) is 0 Å². The van der Waals surface area contributed by atoms with Crippen molar-refractivity contribution in [3.63, 3.8) is 0 Å². The van der Waals surface area contributed by atoms with E-state index < -0.39 is 0 Å².